The molecule has 0 radical (unpaired) electrons. The number of aromatic nitrogens is 5. The van der Waals surface area contributed by atoms with Gasteiger partial charge in [0.05, 0.1) is 17.9 Å². The van der Waals surface area contributed by atoms with E-state index in [9.17, 15) is 0 Å². The molecule has 1 saturated carbocycles. The average molecular weight is 426 g/mol. The number of hydrogen-bond donors (Lipinski definition) is 0. The Bertz CT molecular complexity index is 966. The van der Waals surface area contributed by atoms with Crippen LogP contribution in [0.2, 0.25) is 25.7 Å². The van der Waals surface area contributed by atoms with Crippen LogP contribution in [-0.2, 0) is 11.5 Å². The standard InChI is InChI=1S/C23H35N5OSi/c1-5-18-6-8-20(9-7-18)28-15-19(14-26-28)22-21-10-11-27(23(21)25-16-24-22)17-29-12-13-30(2,3)4/h10-11,14-16,18,20H,5-9,12-13,17H2,1-4H3. The molecular formula is C23H35N5OSi. The second-order valence-electron chi connectivity index (χ2n) is 9.88. The highest BCUT2D eigenvalue weighted by molar-refractivity contribution is 6.76. The van der Waals surface area contributed by atoms with Crippen molar-refractivity contribution in [3.63, 3.8) is 0 Å². The van der Waals surface area contributed by atoms with E-state index in [1.807, 2.05) is 12.4 Å². The van der Waals surface area contributed by atoms with Gasteiger partial charge in [0.1, 0.15) is 18.7 Å². The van der Waals surface area contributed by atoms with Gasteiger partial charge in [0.25, 0.3) is 0 Å². The van der Waals surface area contributed by atoms with Crippen molar-refractivity contribution in [1.29, 1.82) is 0 Å². The predicted molar refractivity (Wildman–Crippen MR) is 124 cm³/mol. The van der Waals surface area contributed by atoms with E-state index in [0.29, 0.717) is 12.8 Å². The van der Waals surface area contributed by atoms with Crippen LogP contribution in [0.3, 0.4) is 0 Å². The van der Waals surface area contributed by atoms with Gasteiger partial charge in [0.15, 0.2) is 0 Å². The van der Waals surface area contributed by atoms with E-state index in [2.05, 4.69) is 58.0 Å². The smallest absolute Gasteiger partial charge is 0.145 e. The van der Waals surface area contributed by atoms with Crippen LogP contribution in [0, 0.1) is 5.92 Å². The Morgan fingerprint density at radius 2 is 1.93 bits per heavy atom. The third-order valence-electron chi connectivity index (χ3n) is 6.43. The minimum absolute atomic E-state index is 0.517. The Morgan fingerprint density at radius 3 is 2.67 bits per heavy atom. The van der Waals surface area contributed by atoms with Gasteiger partial charge in [-0.1, -0.05) is 33.0 Å². The van der Waals surface area contributed by atoms with E-state index < -0.39 is 8.07 Å². The first-order chi connectivity index (χ1) is 14.4. The molecule has 1 aliphatic rings. The third-order valence-corrected chi connectivity index (χ3v) is 8.13. The maximum Gasteiger partial charge on any atom is 0.145 e. The molecule has 30 heavy (non-hydrogen) atoms. The largest absolute Gasteiger partial charge is 0.361 e. The summed E-state index contributed by atoms with van der Waals surface area (Å²) in [7, 11) is -1.07. The monoisotopic (exact) mass is 425 g/mol. The molecule has 0 aromatic carbocycles. The van der Waals surface area contributed by atoms with Gasteiger partial charge < -0.3 is 9.30 Å². The molecule has 0 N–H and O–H groups in total. The Hall–Kier alpha value is -1.99. The molecule has 0 atom stereocenters. The second kappa shape index (κ2) is 9.02. The summed E-state index contributed by atoms with van der Waals surface area (Å²) in [6.45, 7) is 10.8. The zero-order valence-electron chi connectivity index (χ0n) is 18.8. The highest BCUT2D eigenvalue weighted by Gasteiger charge is 2.22. The maximum atomic E-state index is 5.93. The Morgan fingerprint density at radius 1 is 1.13 bits per heavy atom. The number of rotatable bonds is 8. The fourth-order valence-electron chi connectivity index (χ4n) is 4.36. The van der Waals surface area contributed by atoms with Crippen molar-refractivity contribution in [1.82, 2.24) is 24.3 Å². The van der Waals surface area contributed by atoms with Crippen LogP contribution in [-0.4, -0.2) is 39.0 Å². The van der Waals surface area contributed by atoms with E-state index >= 15 is 0 Å². The summed E-state index contributed by atoms with van der Waals surface area (Å²) in [6.07, 6.45) is 14.2. The fourth-order valence-corrected chi connectivity index (χ4v) is 5.11. The maximum absolute atomic E-state index is 5.93. The van der Waals surface area contributed by atoms with E-state index in [1.165, 1.54) is 38.1 Å². The molecule has 0 bridgehead atoms. The first kappa shape index (κ1) is 21.2. The summed E-state index contributed by atoms with van der Waals surface area (Å²) < 4.78 is 10.2. The van der Waals surface area contributed by atoms with Gasteiger partial charge in [-0.15, -0.1) is 0 Å². The van der Waals surface area contributed by atoms with Gasteiger partial charge in [-0.05, 0) is 43.7 Å². The Balaban J connectivity index is 1.47. The van der Waals surface area contributed by atoms with E-state index in [0.717, 1.165) is 34.8 Å². The van der Waals surface area contributed by atoms with Crippen molar-refractivity contribution in [2.45, 2.75) is 77.5 Å². The van der Waals surface area contributed by atoms with Crippen LogP contribution in [0.4, 0.5) is 0 Å². The molecule has 1 fully saturated rings. The van der Waals surface area contributed by atoms with E-state index in [4.69, 9.17) is 9.84 Å². The van der Waals surface area contributed by atoms with Crippen LogP contribution in [0.5, 0.6) is 0 Å². The summed E-state index contributed by atoms with van der Waals surface area (Å²) in [4.78, 5) is 9.11. The van der Waals surface area contributed by atoms with Gasteiger partial charge in [-0.3, -0.25) is 4.68 Å². The second-order valence-corrected chi connectivity index (χ2v) is 15.5. The normalized spacial score (nSPS) is 20.1. The van der Waals surface area contributed by atoms with E-state index in [1.54, 1.807) is 6.33 Å². The first-order valence-corrected chi connectivity index (χ1v) is 15.1. The Kier molecular flexibility index (Phi) is 6.39. The number of hydrogen-bond acceptors (Lipinski definition) is 4. The first-order valence-electron chi connectivity index (χ1n) is 11.4. The van der Waals surface area contributed by atoms with Gasteiger partial charge in [-0.2, -0.15) is 5.10 Å². The highest BCUT2D eigenvalue weighted by Crippen LogP contribution is 2.34. The number of nitrogens with zero attached hydrogens (tertiary/aromatic N) is 5. The lowest BCUT2D eigenvalue weighted by Crippen LogP contribution is -2.22. The molecule has 0 spiro atoms. The molecule has 7 heteroatoms. The zero-order valence-corrected chi connectivity index (χ0v) is 19.8. The zero-order chi connectivity index (χ0) is 21.1. The van der Waals surface area contributed by atoms with Crippen molar-refractivity contribution in [3.05, 3.63) is 31.0 Å². The van der Waals surface area contributed by atoms with Gasteiger partial charge in [0, 0.05) is 38.0 Å². The van der Waals surface area contributed by atoms with Gasteiger partial charge in [0.2, 0.25) is 0 Å². The molecule has 0 saturated heterocycles. The van der Waals surface area contributed by atoms with Gasteiger partial charge >= 0.3 is 0 Å². The molecule has 6 nitrogen and oxygen atoms in total. The summed E-state index contributed by atoms with van der Waals surface area (Å²) in [6, 6.07) is 3.78. The van der Waals surface area contributed by atoms with Crippen molar-refractivity contribution >= 4 is 19.1 Å². The van der Waals surface area contributed by atoms with Crippen LogP contribution < -0.4 is 0 Å². The molecule has 0 aliphatic heterocycles. The quantitative estimate of drug-likeness (QED) is 0.341. The van der Waals surface area contributed by atoms with Crippen molar-refractivity contribution in [2.24, 2.45) is 5.92 Å². The molecule has 3 aromatic rings. The van der Waals surface area contributed by atoms with Gasteiger partial charge in [-0.25, -0.2) is 9.97 Å². The lowest BCUT2D eigenvalue weighted by Gasteiger charge is -2.27. The van der Waals surface area contributed by atoms with Crippen LogP contribution >= 0.6 is 0 Å². The highest BCUT2D eigenvalue weighted by atomic mass is 28.3. The fraction of sp³-hybridized carbons (Fsp3) is 0.609. The third kappa shape index (κ3) is 4.83. The lowest BCUT2D eigenvalue weighted by atomic mass is 9.85. The van der Waals surface area contributed by atoms with Crippen LogP contribution in [0.25, 0.3) is 22.3 Å². The molecule has 0 unspecified atom stereocenters. The number of ether oxygens (including phenoxy) is 1. The molecule has 1 aliphatic carbocycles. The topological polar surface area (TPSA) is 57.8 Å². The molecule has 3 aromatic heterocycles. The summed E-state index contributed by atoms with van der Waals surface area (Å²) >= 11 is 0. The summed E-state index contributed by atoms with van der Waals surface area (Å²) in [5.74, 6) is 0.894. The van der Waals surface area contributed by atoms with Crippen LogP contribution in [0.1, 0.15) is 45.1 Å². The van der Waals surface area contributed by atoms with Crippen molar-refractivity contribution < 1.29 is 4.74 Å². The summed E-state index contributed by atoms with van der Waals surface area (Å²) in [5.41, 5.74) is 2.94. The van der Waals surface area contributed by atoms with Crippen molar-refractivity contribution in [2.75, 3.05) is 6.61 Å². The van der Waals surface area contributed by atoms with Crippen LogP contribution in [0.15, 0.2) is 31.0 Å². The average Bonchev–Trinajstić information content (AvgIpc) is 3.38. The molecule has 3 heterocycles. The molecule has 4 rings (SSSR count). The minimum Gasteiger partial charge on any atom is -0.361 e. The SMILES string of the molecule is CCC1CCC(n2cc(-c3ncnc4c3ccn4COCC[Si](C)(C)C)cn2)CC1. The Labute approximate surface area is 180 Å². The van der Waals surface area contributed by atoms with Crippen molar-refractivity contribution in [3.8, 4) is 11.3 Å². The molecule has 162 valence electrons. The van der Waals surface area contributed by atoms with E-state index in [-0.39, 0.29) is 0 Å². The minimum atomic E-state index is -1.07. The summed E-state index contributed by atoms with van der Waals surface area (Å²) in [5, 5.41) is 5.75. The molecule has 0 amide bonds. The predicted octanol–water partition coefficient (Wildman–Crippen LogP) is 5.75. The molecular weight excluding hydrogens is 390 g/mol. The number of fused-ring (bicyclic) bond motifs is 1. The lowest BCUT2D eigenvalue weighted by molar-refractivity contribution is 0.0899.